The van der Waals surface area contributed by atoms with Crippen LogP contribution in [0.15, 0.2) is 24.3 Å². The first-order valence-electron chi connectivity index (χ1n) is 6.83. The van der Waals surface area contributed by atoms with Crippen LogP contribution in [0, 0.1) is 11.3 Å². The summed E-state index contributed by atoms with van der Waals surface area (Å²) in [6.07, 6.45) is 1.22. The van der Waals surface area contributed by atoms with Crippen molar-refractivity contribution in [1.82, 2.24) is 5.32 Å². The van der Waals surface area contributed by atoms with Gasteiger partial charge in [0.2, 0.25) is 0 Å². The number of nitrogens with zero attached hydrogens (tertiary/aromatic N) is 1. The van der Waals surface area contributed by atoms with Crippen molar-refractivity contribution in [3.8, 4) is 6.07 Å². The van der Waals surface area contributed by atoms with E-state index in [1.807, 2.05) is 0 Å². The average molecular weight is 282 g/mol. The molecule has 1 N–H and O–H groups in total. The molecule has 0 heterocycles. The zero-order chi connectivity index (χ0) is 14.6. The molecule has 1 aliphatic carbocycles. The predicted octanol–water partition coefficient (Wildman–Crippen LogP) is 4.19. The lowest BCUT2D eigenvalue weighted by atomic mass is 9.94. The highest BCUT2D eigenvalue weighted by atomic mass is 19.4. The zero-order valence-electron chi connectivity index (χ0n) is 11.1. The van der Waals surface area contributed by atoms with Gasteiger partial charge in [-0.3, -0.25) is 5.32 Å². The van der Waals surface area contributed by atoms with Gasteiger partial charge in [-0.1, -0.05) is 31.4 Å². The third-order valence-corrected chi connectivity index (χ3v) is 3.71. The molecule has 0 saturated heterocycles. The summed E-state index contributed by atoms with van der Waals surface area (Å²) in [5.41, 5.74) is -0.0957. The summed E-state index contributed by atoms with van der Waals surface area (Å²) in [6.45, 7) is 0. The van der Waals surface area contributed by atoms with Crippen LogP contribution in [0.25, 0.3) is 0 Å². The fraction of sp³-hybridized carbons (Fsp3) is 0.533. The molecule has 0 aromatic heterocycles. The van der Waals surface area contributed by atoms with E-state index < -0.39 is 17.8 Å². The largest absolute Gasteiger partial charge is 0.416 e. The molecule has 1 aliphatic rings. The third kappa shape index (κ3) is 3.73. The van der Waals surface area contributed by atoms with Gasteiger partial charge in [0.1, 0.15) is 6.04 Å². The number of benzene rings is 1. The lowest BCUT2D eigenvalue weighted by Gasteiger charge is -2.25. The monoisotopic (exact) mass is 282 g/mol. The number of nitrogens with one attached hydrogen (secondary N) is 1. The van der Waals surface area contributed by atoms with Crippen LogP contribution in [0.3, 0.4) is 0 Å². The van der Waals surface area contributed by atoms with E-state index in [1.54, 1.807) is 0 Å². The van der Waals surface area contributed by atoms with Crippen LogP contribution in [0.4, 0.5) is 13.2 Å². The molecule has 0 amide bonds. The maximum absolute atomic E-state index is 12.5. The lowest BCUT2D eigenvalue weighted by molar-refractivity contribution is -0.137. The molecule has 20 heavy (non-hydrogen) atoms. The molecule has 1 aromatic carbocycles. The quantitative estimate of drug-likeness (QED) is 0.902. The molecule has 5 heteroatoms. The van der Waals surface area contributed by atoms with E-state index in [0.29, 0.717) is 5.56 Å². The number of hydrogen-bond donors (Lipinski definition) is 1. The Morgan fingerprint density at radius 1 is 1.10 bits per heavy atom. The molecule has 0 spiro atoms. The van der Waals surface area contributed by atoms with Crippen LogP contribution in [-0.2, 0) is 6.18 Å². The lowest BCUT2D eigenvalue weighted by Crippen LogP contribution is -2.33. The summed E-state index contributed by atoms with van der Waals surface area (Å²) in [5, 5.41) is 12.4. The number of halogens is 3. The minimum atomic E-state index is -4.34. The molecule has 0 radical (unpaired) electrons. The fourth-order valence-electron chi connectivity index (χ4n) is 2.58. The minimum Gasteiger partial charge on any atom is -0.295 e. The van der Waals surface area contributed by atoms with Crippen LogP contribution in [-0.4, -0.2) is 6.04 Å². The second kappa shape index (κ2) is 6.27. The number of alkyl halides is 3. The first-order chi connectivity index (χ1) is 9.50. The molecule has 1 unspecified atom stereocenters. The Balaban J connectivity index is 2.06. The molecule has 1 fully saturated rings. The Hall–Kier alpha value is -1.54. The zero-order valence-corrected chi connectivity index (χ0v) is 11.1. The van der Waals surface area contributed by atoms with E-state index in [0.717, 1.165) is 37.8 Å². The molecule has 108 valence electrons. The second-order valence-electron chi connectivity index (χ2n) is 5.18. The van der Waals surface area contributed by atoms with Gasteiger partial charge < -0.3 is 0 Å². The van der Waals surface area contributed by atoms with Gasteiger partial charge in [0, 0.05) is 6.04 Å². The molecule has 1 saturated carbocycles. The van der Waals surface area contributed by atoms with E-state index in [1.165, 1.54) is 18.6 Å². The molecule has 1 aromatic rings. The van der Waals surface area contributed by atoms with Crippen molar-refractivity contribution < 1.29 is 13.2 Å². The first-order valence-corrected chi connectivity index (χ1v) is 6.83. The van der Waals surface area contributed by atoms with Gasteiger partial charge in [0.05, 0.1) is 11.6 Å². The molecule has 0 bridgehead atoms. The van der Waals surface area contributed by atoms with E-state index >= 15 is 0 Å². The molecule has 1 atom stereocenters. The van der Waals surface area contributed by atoms with Crippen molar-refractivity contribution in [3.63, 3.8) is 0 Å². The van der Waals surface area contributed by atoms with Crippen molar-refractivity contribution in [1.29, 1.82) is 5.26 Å². The maximum atomic E-state index is 12.5. The Kier molecular flexibility index (Phi) is 4.66. The average Bonchev–Trinajstić information content (AvgIpc) is 2.45. The van der Waals surface area contributed by atoms with E-state index in [2.05, 4.69) is 11.4 Å². The molecular formula is C15H17F3N2. The highest BCUT2D eigenvalue weighted by molar-refractivity contribution is 5.29. The van der Waals surface area contributed by atoms with Gasteiger partial charge in [-0.2, -0.15) is 18.4 Å². The van der Waals surface area contributed by atoms with Gasteiger partial charge in [-0.25, -0.2) is 0 Å². The van der Waals surface area contributed by atoms with Crippen LogP contribution in [0.5, 0.6) is 0 Å². The van der Waals surface area contributed by atoms with Crippen molar-refractivity contribution in [2.45, 2.75) is 50.4 Å². The smallest absolute Gasteiger partial charge is 0.295 e. The van der Waals surface area contributed by atoms with Gasteiger partial charge >= 0.3 is 6.18 Å². The van der Waals surface area contributed by atoms with E-state index in [9.17, 15) is 18.4 Å². The molecule has 2 nitrogen and oxygen atoms in total. The molecular weight excluding hydrogens is 265 g/mol. The summed E-state index contributed by atoms with van der Waals surface area (Å²) in [5.74, 6) is 0. The fourth-order valence-corrected chi connectivity index (χ4v) is 2.58. The second-order valence-corrected chi connectivity index (χ2v) is 5.18. The van der Waals surface area contributed by atoms with Crippen LogP contribution in [0.1, 0.15) is 49.3 Å². The van der Waals surface area contributed by atoms with E-state index in [-0.39, 0.29) is 6.04 Å². The Labute approximate surface area is 116 Å². The van der Waals surface area contributed by atoms with Crippen LogP contribution < -0.4 is 5.32 Å². The van der Waals surface area contributed by atoms with Crippen molar-refractivity contribution in [2.75, 3.05) is 0 Å². The summed E-state index contributed by atoms with van der Waals surface area (Å²) in [7, 11) is 0. The first kappa shape index (κ1) is 14.9. The number of rotatable bonds is 3. The Bertz CT molecular complexity index is 467. The Morgan fingerprint density at radius 2 is 1.70 bits per heavy atom. The summed E-state index contributed by atoms with van der Waals surface area (Å²) < 4.78 is 37.5. The van der Waals surface area contributed by atoms with E-state index in [4.69, 9.17) is 0 Å². The van der Waals surface area contributed by atoms with Crippen LogP contribution in [0.2, 0.25) is 0 Å². The van der Waals surface area contributed by atoms with Gasteiger partial charge in [0.15, 0.2) is 0 Å². The summed E-state index contributed by atoms with van der Waals surface area (Å²) in [4.78, 5) is 0. The van der Waals surface area contributed by atoms with Crippen molar-refractivity contribution >= 4 is 0 Å². The summed E-state index contributed by atoms with van der Waals surface area (Å²) in [6, 6.07) is 6.70. The van der Waals surface area contributed by atoms with Crippen LogP contribution >= 0.6 is 0 Å². The normalized spacial score (nSPS) is 18.5. The highest BCUT2D eigenvalue weighted by Crippen LogP contribution is 2.30. The van der Waals surface area contributed by atoms with Gasteiger partial charge in [-0.15, -0.1) is 0 Å². The molecule has 2 rings (SSSR count). The minimum absolute atomic E-state index is 0.288. The number of hydrogen-bond acceptors (Lipinski definition) is 2. The topological polar surface area (TPSA) is 35.8 Å². The maximum Gasteiger partial charge on any atom is 0.416 e. The standard InChI is InChI=1S/C15H17F3N2/c16-15(17,18)12-8-6-11(7-9-12)14(10-19)20-13-4-2-1-3-5-13/h6-9,13-14,20H,1-5H2. The molecule has 0 aliphatic heterocycles. The van der Waals surface area contributed by atoms with Gasteiger partial charge in [0.25, 0.3) is 0 Å². The van der Waals surface area contributed by atoms with Crippen molar-refractivity contribution in [2.24, 2.45) is 0 Å². The third-order valence-electron chi connectivity index (χ3n) is 3.71. The number of nitriles is 1. The van der Waals surface area contributed by atoms with Gasteiger partial charge in [-0.05, 0) is 30.5 Å². The SMILES string of the molecule is N#CC(NC1CCCCC1)c1ccc(C(F)(F)F)cc1. The Morgan fingerprint density at radius 3 is 2.20 bits per heavy atom. The predicted molar refractivity (Wildman–Crippen MR) is 69.8 cm³/mol. The van der Waals surface area contributed by atoms with Crippen molar-refractivity contribution in [3.05, 3.63) is 35.4 Å². The summed E-state index contributed by atoms with van der Waals surface area (Å²) >= 11 is 0. The highest BCUT2D eigenvalue weighted by Gasteiger charge is 2.30.